The van der Waals surface area contributed by atoms with E-state index in [-0.39, 0.29) is 34.9 Å². The lowest BCUT2D eigenvalue weighted by atomic mass is 9.89. The van der Waals surface area contributed by atoms with Gasteiger partial charge in [0.25, 0.3) is 0 Å². The molecule has 3 aromatic heterocycles. The zero-order valence-electron chi connectivity index (χ0n) is 19.4. The van der Waals surface area contributed by atoms with Gasteiger partial charge in [0, 0.05) is 31.5 Å². The minimum absolute atomic E-state index is 0.0575. The van der Waals surface area contributed by atoms with E-state index in [2.05, 4.69) is 31.8 Å². The molecule has 4 heterocycles. The standard InChI is InChI=1S/C26H24ClFN6O2/c1-2-23(35)34-9-6-16(7-10-34)18-13-30-25-24(18)26(32-15-31-25)33-21-11-19(27)22(12-20(21)28)36-14-17-5-3-4-8-29-17/h2-5,8,11-13,15-16H,1,6-7,9-10,14H2,(H2,30,31,32,33). The Kier molecular flexibility index (Phi) is 6.81. The monoisotopic (exact) mass is 506 g/mol. The van der Waals surface area contributed by atoms with Crippen LogP contribution in [0.1, 0.15) is 30.0 Å². The van der Waals surface area contributed by atoms with Crippen LogP contribution in [0.25, 0.3) is 11.0 Å². The van der Waals surface area contributed by atoms with Crippen molar-refractivity contribution in [1.82, 2.24) is 24.8 Å². The van der Waals surface area contributed by atoms with E-state index in [1.54, 1.807) is 11.1 Å². The number of anilines is 2. The molecule has 1 amide bonds. The van der Waals surface area contributed by atoms with Gasteiger partial charge in [-0.15, -0.1) is 0 Å². The predicted molar refractivity (Wildman–Crippen MR) is 136 cm³/mol. The van der Waals surface area contributed by atoms with Crippen LogP contribution >= 0.6 is 11.6 Å². The van der Waals surface area contributed by atoms with E-state index >= 15 is 4.39 Å². The summed E-state index contributed by atoms with van der Waals surface area (Å²) in [6, 6.07) is 8.20. The number of ether oxygens (including phenoxy) is 1. The van der Waals surface area contributed by atoms with E-state index < -0.39 is 5.82 Å². The molecule has 1 aliphatic rings. The van der Waals surface area contributed by atoms with Crippen LogP contribution in [0.3, 0.4) is 0 Å². The lowest BCUT2D eigenvalue weighted by molar-refractivity contribution is -0.127. The number of halogens is 2. The van der Waals surface area contributed by atoms with Gasteiger partial charge in [-0.05, 0) is 48.6 Å². The van der Waals surface area contributed by atoms with Crippen LogP contribution in [0.15, 0.2) is 61.7 Å². The van der Waals surface area contributed by atoms with Crippen LogP contribution in [0.2, 0.25) is 5.02 Å². The second-order valence-corrected chi connectivity index (χ2v) is 8.90. The average molecular weight is 507 g/mol. The Hall–Kier alpha value is -3.98. The molecule has 5 rings (SSSR count). The fourth-order valence-electron chi connectivity index (χ4n) is 4.44. The Bertz CT molecular complexity index is 1400. The lowest BCUT2D eigenvalue weighted by Gasteiger charge is -2.31. The minimum atomic E-state index is -0.532. The maximum absolute atomic E-state index is 15.1. The number of nitrogens with zero attached hydrogens (tertiary/aromatic N) is 4. The molecule has 184 valence electrons. The van der Waals surface area contributed by atoms with Gasteiger partial charge < -0.3 is 19.9 Å². The Balaban J connectivity index is 1.37. The van der Waals surface area contributed by atoms with Crippen molar-refractivity contribution in [3.05, 3.63) is 83.8 Å². The maximum atomic E-state index is 15.1. The summed E-state index contributed by atoms with van der Waals surface area (Å²) in [6.45, 7) is 5.02. The number of H-pyrrole nitrogens is 1. The largest absolute Gasteiger partial charge is 0.486 e. The van der Waals surface area contributed by atoms with Crippen LogP contribution in [0, 0.1) is 5.82 Å². The van der Waals surface area contributed by atoms with Crippen LogP contribution < -0.4 is 10.1 Å². The summed E-state index contributed by atoms with van der Waals surface area (Å²) in [4.78, 5) is 29.8. The number of aromatic nitrogens is 4. The molecule has 0 aliphatic carbocycles. The molecule has 1 fully saturated rings. The number of nitrogens with one attached hydrogen (secondary N) is 2. The summed E-state index contributed by atoms with van der Waals surface area (Å²) in [5.41, 5.74) is 2.55. The normalized spacial score (nSPS) is 14.1. The molecule has 1 saturated heterocycles. The average Bonchev–Trinajstić information content (AvgIpc) is 3.35. The third-order valence-electron chi connectivity index (χ3n) is 6.30. The summed E-state index contributed by atoms with van der Waals surface area (Å²) in [6.07, 6.45) is 7.93. The molecule has 0 atom stereocenters. The highest BCUT2D eigenvalue weighted by atomic mass is 35.5. The second kappa shape index (κ2) is 10.3. The van der Waals surface area contributed by atoms with E-state index in [1.807, 2.05) is 24.4 Å². The van der Waals surface area contributed by atoms with Gasteiger partial charge in [0.15, 0.2) is 0 Å². The smallest absolute Gasteiger partial charge is 0.245 e. The topological polar surface area (TPSA) is 96.0 Å². The molecule has 0 unspecified atom stereocenters. The van der Waals surface area contributed by atoms with E-state index in [1.165, 1.54) is 24.5 Å². The third kappa shape index (κ3) is 4.87. The summed E-state index contributed by atoms with van der Waals surface area (Å²) in [5, 5.41) is 4.13. The molecule has 0 saturated carbocycles. The fourth-order valence-corrected chi connectivity index (χ4v) is 4.66. The predicted octanol–water partition coefficient (Wildman–Crippen LogP) is 5.36. The van der Waals surface area contributed by atoms with Gasteiger partial charge >= 0.3 is 0 Å². The van der Waals surface area contributed by atoms with Gasteiger partial charge in [-0.3, -0.25) is 9.78 Å². The van der Waals surface area contributed by atoms with Crippen molar-refractivity contribution in [2.24, 2.45) is 0 Å². The van der Waals surface area contributed by atoms with Crippen molar-refractivity contribution < 1.29 is 13.9 Å². The Morgan fingerprint density at radius 1 is 1.28 bits per heavy atom. The number of rotatable bonds is 7. The van der Waals surface area contributed by atoms with Gasteiger partial charge in [0.1, 0.15) is 36.0 Å². The lowest BCUT2D eigenvalue weighted by Crippen LogP contribution is -2.36. The minimum Gasteiger partial charge on any atom is -0.486 e. The summed E-state index contributed by atoms with van der Waals surface area (Å²) in [5.74, 6) is 0.308. The molecule has 1 aromatic carbocycles. The van der Waals surface area contributed by atoms with Gasteiger partial charge in [-0.25, -0.2) is 14.4 Å². The highest BCUT2D eigenvalue weighted by Gasteiger charge is 2.26. The van der Waals surface area contributed by atoms with Crippen molar-refractivity contribution >= 4 is 40.0 Å². The number of hydrogen-bond acceptors (Lipinski definition) is 6. The third-order valence-corrected chi connectivity index (χ3v) is 6.59. The van der Waals surface area contributed by atoms with E-state index in [0.717, 1.165) is 23.8 Å². The van der Waals surface area contributed by atoms with Gasteiger partial charge in [0.05, 0.1) is 21.8 Å². The van der Waals surface area contributed by atoms with Crippen LogP contribution in [0.5, 0.6) is 5.75 Å². The number of piperidine rings is 1. The molecule has 2 N–H and O–H groups in total. The number of pyridine rings is 1. The summed E-state index contributed by atoms with van der Waals surface area (Å²) >= 11 is 6.40. The number of hydrogen-bond donors (Lipinski definition) is 2. The quantitative estimate of drug-likeness (QED) is 0.328. The Morgan fingerprint density at radius 3 is 2.86 bits per heavy atom. The van der Waals surface area contributed by atoms with E-state index in [0.29, 0.717) is 30.2 Å². The zero-order valence-corrected chi connectivity index (χ0v) is 20.1. The fraction of sp³-hybridized carbons (Fsp3) is 0.231. The summed E-state index contributed by atoms with van der Waals surface area (Å²) < 4.78 is 20.7. The van der Waals surface area contributed by atoms with Crippen molar-refractivity contribution in [2.45, 2.75) is 25.4 Å². The highest BCUT2D eigenvalue weighted by Crippen LogP contribution is 2.38. The molecular formula is C26H24ClFN6O2. The summed E-state index contributed by atoms with van der Waals surface area (Å²) in [7, 11) is 0. The first-order valence-corrected chi connectivity index (χ1v) is 11.9. The van der Waals surface area contributed by atoms with E-state index in [4.69, 9.17) is 16.3 Å². The number of carbonyl (C=O) groups excluding carboxylic acids is 1. The van der Waals surface area contributed by atoms with E-state index in [9.17, 15) is 4.79 Å². The van der Waals surface area contributed by atoms with Crippen molar-refractivity contribution in [2.75, 3.05) is 18.4 Å². The first-order valence-electron chi connectivity index (χ1n) is 11.6. The number of benzene rings is 1. The van der Waals surface area contributed by atoms with Crippen molar-refractivity contribution in [3.8, 4) is 5.75 Å². The molecule has 8 nitrogen and oxygen atoms in total. The number of fused-ring (bicyclic) bond motifs is 1. The van der Waals surface area contributed by atoms with Crippen LogP contribution in [-0.2, 0) is 11.4 Å². The van der Waals surface area contributed by atoms with Crippen LogP contribution in [-0.4, -0.2) is 43.8 Å². The first-order chi connectivity index (χ1) is 17.5. The van der Waals surface area contributed by atoms with Crippen molar-refractivity contribution in [3.63, 3.8) is 0 Å². The molecule has 0 spiro atoms. The molecule has 0 bridgehead atoms. The SMILES string of the molecule is C=CC(=O)N1CCC(c2c[nH]c3ncnc(Nc4cc(Cl)c(OCc5ccccn5)cc4F)c23)CC1. The molecule has 4 aromatic rings. The van der Waals surface area contributed by atoms with Gasteiger partial charge in [0.2, 0.25) is 5.91 Å². The number of amides is 1. The molecule has 36 heavy (non-hydrogen) atoms. The molecule has 1 aliphatic heterocycles. The van der Waals surface area contributed by atoms with Crippen molar-refractivity contribution in [1.29, 1.82) is 0 Å². The number of aromatic amines is 1. The maximum Gasteiger partial charge on any atom is 0.245 e. The van der Waals surface area contributed by atoms with Gasteiger partial charge in [-0.1, -0.05) is 24.2 Å². The number of likely N-dealkylation sites (tertiary alicyclic amines) is 1. The molecule has 10 heteroatoms. The zero-order chi connectivity index (χ0) is 25.1. The Labute approximate surface area is 212 Å². The Morgan fingerprint density at radius 2 is 2.11 bits per heavy atom. The second-order valence-electron chi connectivity index (χ2n) is 8.49. The first kappa shape index (κ1) is 23.7. The van der Waals surface area contributed by atoms with Crippen LogP contribution in [0.4, 0.5) is 15.9 Å². The highest BCUT2D eigenvalue weighted by molar-refractivity contribution is 6.32. The molecule has 0 radical (unpaired) electrons. The van der Waals surface area contributed by atoms with Gasteiger partial charge in [-0.2, -0.15) is 0 Å². The number of carbonyl (C=O) groups is 1. The molecular weight excluding hydrogens is 483 g/mol.